The lowest BCUT2D eigenvalue weighted by Crippen LogP contribution is -2.27. The lowest BCUT2D eigenvalue weighted by Gasteiger charge is -2.35. The number of hydrogen-bond donors (Lipinski definition) is 0. The molecule has 144 valence electrons. The Morgan fingerprint density at radius 2 is 1.04 bits per heavy atom. The van der Waals surface area contributed by atoms with Crippen molar-refractivity contribution in [2.24, 2.45) is 41.4 Å². The molecule has 0 aromatic rings. The number of hydrogen-bond acceptors (Lipinski definition) is 0. The van der Waals surface area contributed by atoms with Crippen LogP contribution in [0.2, 0.25) is 0 Å². The van der Waals surface area contributed by atoms with Crippen molar-refractivity contribution in [1.29, 1.82) is 0 Å². The zero-order valence-corrected chi connectivity index (χ0v) is 20.4. The molecule has 0 radical (unpaired) electrons. The van der Waals surface area contributed by atoms with Crippen molar-refractivity contribution in [2.45, 2.75) is 96.6 Å². The molecular formula is C22H42Br2. The molecule has 0 spiro atoms. The number of alkyl halides is 2. The average Bonchev–Trinajstić information content (AvgIpc) is 2.46. The summed E-state index contributed by atoms with van der Waals surface area (Å²) in [6, 6.07) is 0. The Kier molecular flexibility index (Phi) is 10.5. The van der Waals surface area contributed by atoms with Crippen molar-refractivity contribution < 1.29 is 0 Å². The first-order chi connectivity index (χ1) is 11.1. The Hall–Kier alpha value is 0.960. The average molecular weight is 466 g/mol. The molecule has 1 fully saturated rings. The Balaban J connectivity index is 2.98. The summed E-state index contributed by atoms with van der Waals surface area (Å²) in [5.41, 5.74) is 0. The summed E-state index contributed by atoms with van der Waals surface area (Å²) in [6.45, 7) is 17.1. The Labute approximate surface area is 169 Å². The molecular weight excluding hydrogens is 424 g/mol. The van der Waals surface area contributed by atoms with E-state index in [4.69, 9.17) is 0 Å². The van der Waals surface area contributed by atoms with E-state index in [0.717, 1.165) is 41.4 Å². The fraction of sp³-hybridized carbons (Fsp3) is 1.00. The van der Waals surface area contributed by atoms with Gasteiger partial charge in [-0.05, 0) is 80.0 Å². The predicted molar refractivity (Wildman–Crippen MR) is 117 cm³/mol. The summed E-state index contributed by atoms with van der Waals surface area (Å²) in [5.74, 6) is 5.89. The maximum atomic E-state index is 3.99. The molecule has 6 unspecified atom stereocenters. The maximum Gasteiger partial charge on any atom is 0.0273 e. The smallest absolute Gasteiger partial charge is 0.0273 e. The van der Waals surface area contributed by atoms with E-state index in [1.54, 1.807) is 0 Å². The van der Waals surface area contributed by atoms with Gasteiger partial charge in [-0.1, -0.05) is 80.3 Å². The van der Waals surface area contributed by atoms with E-state index in [2.05, 4.69) is 80.3 Å². The molecule has 0 aliphatic heterocycles. The van der Waals surface area contributed by atoms with Crippen LogP contribution in [-0.4, -0.2) is 9.65 Å². The van der Waals surface area contributed by atoms with Crippen LogP contribution in [0.1, 0.15) is 87.0 Å². The SMILES string of the molecule is CC1CC(Br)C(Br)CCC(C(C)C)CC(C(C)C)CC(C(C)C)C1. The molecule has 1 rings (SSSR count). The van der Waals surface area contributed by atoms with E-state index in [-0.39, 0.29) is 0 Å². The quantitative estimate of drug-likeness (QED) is 0.367. The zero-order chi connectivity index (χ0) is 18.4. The Morgan fingerprint density at radius 1 is 0.583 bits per heavy atom. The summed E-state index contributed by atoms with van der Waals surface area (Å²) in [6.07, 6.45) is 8.25. The minimum atomic E-state index is 0.619. The lowest BCUT2D eigenvalue weighted by atomic mass is 9.71. The standard InChI is InChI=1S/C22H42Br2/c1-14(2)18-8-9-21(23)22(24)11-17(7)10-19(15(3)4)13-20(12-18)16(5)6/h14-22H,8-13H2,1-7H3. The van der Waals surface area contributed by atoms with Gasteiger partial charge >= 0.3 is 0 Å². The van der Waals surface area contributed by atoms with Gasteiger partial charge in [-0.25, -0.2) is 0 Å². The van der Waals surface area contributed by atoms with Crippen LogP contribution in [0, 0.1) is 41.4 Å². The van der Waals surface area contributed by atoms with Gasteiger partial charge in [-0.3, -0.25) is 0 Å². The van der Waals surface area contributed by atoms with Gasteiger partial charge in [-0.15, -0.1) is 0 Å². The van der Waals surface area contributed by atoms with E-state index in [1.807, 2.05) is 0 Å². The summed E-state index contributed by atoms with van der Waals surface area (Å²) >= 11 is 7.98. The van der Waals surface area contributed by atoms with E-state index in [9.17, 15) is 0 Å². The first-order valence-corrected chi connectivity index (χ1v) is 12.2. The van der Waals surface area contributed by atoms with Crippen LogP contribution in [0.15, 0.2) is 0 Å². The van der Waals surface area contributed by atoms with Crippen LogP contribution in [0.5, 0.6) is 0 Å². The van der Waals surface area contributed by atoms with Gasteiger partial charge < -0.3 is 0 Å². The van der Waals surface area contributed by atoms with Gasteiger partial charge in [0.2, 0.25) is 0 Å². The van der Waals surface area contributed by atoms with E-state index >= 15 is 0 Å². The number of rotatable bonds is 3. The lowest BCUT2D eigenvalue weighted by molar-refractivity contribution is 0.165. The summed E-state index contributed by atoms with van der Waals surface area (Å²) < 4.78 is 0. The molecule has 24 heavy (non-hydrogen) atoms. The van der Waals surface area contributed by atoms with Gasteiger partial charge in [0.1, 0.15) is 0 Å². The summed E-state index contributed by atoms with van der Waals surface area (Å²) in [4.78, 5) is 1.24. The third-order valence-corrected chi connectivity index (χ3v) is 9.40. The summed E-state index contributed by atoms with van der Waals surface area (Å²) in [7, 11) is 0. The minimum absolute atomic E-state index is 0.619. The Morgan fingerprint density at radius 3 is 1.54 bits per heavy atom. The molecule has 0 nitrogen and oxygen atoms in total. The highest BCUT2D eigenvalue weighted by atomic mass is 79.9. The van der Waals surface area contributed by atoms with Crippen LogP contribution >= 0.6 is 31.9 Å². The third kappa shape index (κ3) is 7.68. The van der Waals surface area contributed by atoms with E-state index in [1.165, 1.54) is 38.5 Å². The molecule has 0 heterocycles. The van der Waals surface area contributed by atoms with Crippen molar-refractivity contribution in [3.8, 4) is 0 Å². The fourth-order valence-electron chi connectivity index (χ4n) is 4.48. The summed E-state index contributed by atoms with van der Waals surface area (Å²) in [5, 5.41) is 0. The third-order valence-electron chi connectivity index (χ3n) is 6.58. The van der Waals surface area contributed by atoms with Gasteiger partial charge in [0.25, 0.3) is 0 Å². The van der Waals surface area contributed by atoms with Crippen LogP contribution in [-0.2, 0) is 0 Å². The van der Waals surface area contributed by atoms with Crippen LogP contribution in [0.4, 0.5) is 0 Å². The van der Waals surface area contributed by atoms with E-state index < -0.39 is 0 Å². The number of halogens is 2. The largest absolute Gasteiger partial charge is 0.0879 e. The van der Waals surface area contributed by atoms with Crippen molar-refractivity contribution in [1.82, 2.24) is 0 Å². The first kappa shape index (κ1) is 23.0. The molecule has 1 aliphatic rings. The topological polar surface area (TPSA) is 0 Å². The van der Waals surface area contributed by atoms with Crippen molar-refractivity contribution >= 4 is 31.9 Å². The zero-order valence-electron chi connectivity index (χ0n) is 17.2. The molecule has 0 aromatic heterocycles. The Bertz CT molecular complexity index is 337. The van der Waals surface area contributed by atoms with Gasteiger partial charge in [-0.2, -0.15) is 0 Å². The van der Waals surface area contributed by atoms with Crippen LogP contribution < -0.4 is 0 Å². The van der Waals surface area contributed by atoms with Gasteiger partial charge in [0.15, 0.2) is 0 Å². The van der Waals surface area contributed by atoms with Crippen molar-refractivity contribution in [3.63, 3.8) is 0 Å². The monoisotopic (exact) mass is 464 g/mol. The molecule has 0 saturated heterocycles. The molecule has 0 amide bonds. The molecule has 0 aromatic carbocycles. The second-order valence-electron chi connectivity index (χ2n) is 9.67. The molecule has 1 saturated carbocycles. The van der Waals surface area contributed by atoms with E-state index in [0.29, 0.717) is 9.65 Å². The van der Waals surface area contributed by atoms with Crippen LogP contribution in [0.3, 0.4) is 0 Å². The predicted octanol–water partition coefficient (Wildman–Crippen LogP) is 8.32. The van der Waals surface area contributed by atoms with Gasteiger partial charge in [0.05, 0.1) is 0 Å². The van der Waals surface area contributed by atoms with Crippen molar-refractivity contribution in [3.05, 3.63) is 0 Å². The second kappa shape index (κ2) is 11.0. The molecule has 1 aliphatic carbocycles. The highest BCUT2D eigenvalue weighted by Crippen LogP contribution is 2.39. The fourth-order valence-corrected chi connectivity index (χ4v) is 5.86. The molecule has 6 atom stereocenters. The minimum Gasteiger partial charge on any atom is -0.0879 e. The molecule has 0 N–H and O–H groups in total. The maximum absolute atomic E-state index is 3.99. The molecule has 0 bridgehead atoms. The highest BCUT2D eigenvalue weighted by Gasteiger charge is 2.30. The molecule has 2 heteroatoms. The van der Waals surface area contributed by atoms with Crippen LogP contribution in [0.25, 0.3) is 0 Å². The highest BCUT2D eigenvalue weighted by molar-refractivity contribution is 9.12. The normalized spacial score (nSPS) is 37.5. The first-order valence-electron chi connectivity index (χ1n) is 10.4. The second-order valence-corrected chi connectivity index (χ2v) is 12.0. The van der Waals surface area contributed by atoms with Gasteiger partial charge in [0, 0.05) is 9.65 Å². The van der Waals surface area contributed by atoms with Crippen molar-refractivity contribution in [2.75, 3.05) is 0 Å².